The molecule has 1 rings (SSSR count). The number of rotatable bonds is 6. The minimum absolute atomic E-state index is 0.00908. The normalized spacial score (nSPS) is 14.3. The van der Waals surface area contributed by atoms with Gasteiger partial charge < -0.3 is 9.16 Å². The Labute approximate surface area is 199 Å². The molecule has 1 atom stereocenters. The van der Waals surface area contributed by atoms with Crippen molar-refractivity contribution in [3.8, 4) is 0 Å². The van der Waals surface area contributed by atoms with Gasteiger partial charge in [-0.3, -0.25) is 4.79 Å². The molecule has 0 aliphatic rings. The van der Waals surface area contributed by atoms with E-state index in [1.807, 2.05) is 6.07 Å². The molecule has 0 fully saturated rings. The van der Waals surface area contributed by atoms with E-state index in [-0.39, 0.29) is 10.7 Å². The van der Waals surface area contributed by atoms with Crippen LogP contribution in [0.1, 0.15) is 60.1 Å². The highest BCUT2D eigenvalue weighted by Crippen LogP contribution is 2.41. The van der Waals surface area contributed by atoms with Gasteiger partial charge >= 0.3 is 5.97 Å². The molecule has 0 aromatic heterocycles. The van der Waals surface area contributed by atoms with Crippen LogP contribution in [-0.2, 0) is 18.8 Å². The molecular weight excluding hydrogens is 535 g/mol. The number of amides is 1. The first-order valence-electron chi connectivity index (χ1n) is 9.65. The lowest BCUT2D eigenvalue weighted by atomic mass is 10.0. The number of carbonyl (C=O) groups is 2. The minimum Gasteiger partial charge on any atom is -0.455 e. The van der Waals surface area contributed by atoms with Gasteiger partial charge in [-0.2, -0.15) is 5.10 Å². The second kappa shape index (κ2) is 10.1. The number of nitrogens with one attached hydrogen (secondary N) is 1. The van der Waals surface area contributed by atoms with Crippen LogP contribution < -0.4 is 5.43 Å². The van der Waals surface area contributed by atoms with Crippen LogP contribution in [-0.4, -0.2) is 31.5 Å². The molecule has 9 heteroatoms. The van der Waals surface area contributed by atoms with Crippen molar-refractivity contribution in [3.05, 3.63) is 32.4 Å². The Hall–Kier alpha value is -0.973. The lowest BCUT2D eigenvalue weighted by Crippen LogP contribution is -2.45. The van der Waals surface area contributed by atoms with Crippen LogP contribution in [0.5, 0.6) is 0 Å². The van der Waals surface area contributed by atoms with E-state index in [1.54, 1.807) is 32.9 Å². The van der Waals surface area contributed by atoms with E-state index in [4.69, 9.17) is 20.8 Å². The molecule has 0 saturated carbocycles. The molecule has 0 spiro atoms. The molecule has 1 aromatic carbocycles. The number of nitrogens with zero attached hydrogens (tertiary/aromatic N) is 1. The van der Waals surface area contributed by atoms with E-state index >= 15 is 0 Å². The van der Waals surface area contributed by atoms with Crippen LogP contribution >= 0.6 is 34.2 Å². The summed E-state index contributed by atoms with van der Waals surface area (Å²) in [7, 11) is -2.35. The van der Waals surface area contributed by atoms with Crippen LogP contribution in [0.3, 0.4) is 0 Å². The SMILES string of the molecule is CC(=O)N/N=C(/C(=O)OC(C)(C)C)C(O[Si](C)(C)C(C)(C)C)c1ccc(Cl)cc1I. The summed E-state index contributed by atoms with van der Waals surface area (Å²) in [4.78, 5) is 24.7. The number of halogens is 2. The molecule has 1 aromatic rings. The van der Waals surface area contributed by atoms with Gasteiger partial charge in [0.15, 0.2) is 14.0 Å². The van der Waals surface area contributed by atoms with Crippen molar-refractivity contribution >= 4 is 60.1 Å². The molecule has 1 unspecified atom stereocenters. The summed E-state index contributed by atoms with van der Waals surface area (Å²) >= 11 is 8.30. The van der Waals surface area contributed by atoms with Gasteiger partial charge in [0.25, 0.3) is 0 Å². The quantitative estimate of drug-likeness (QED) is 0.154. The fourth-order valence-electron chi connectivity index (χ4n) is 2.13. The molecule has 0 bridgehead atoms. The Morgan fingerprint density at radius 3 is 2.17 bits per heavy atom. The van der Waals surface area contributed by atoms with E-state index in [0.29, 0.717) is 5.02 Å². The lowest BCUT2D eigenvalue weighted by Gasteiger charge is -2.39. The van der Waals surface area contributed by atoms with Gasteiger partial charge in [0.2, 0.25) is 5.91 Å². The van der Waals surface area contributed by atoms with Crippen molar-refractivity contribution in [2.45, 2.75) is 78.3 Å². The van der Waals surface area contributed by atoms with E-state index in [9.17, 15) is 9.59 Å². The third-order valence-electron chi connectivity index (χ3n) is 4.65. The summed E-state index contributed by atoms with van der Waals surface area (Å²) in [5.41, 5.74) is 2.37. The first-order chi connectivity index (χ1) is 13.4. The Kier molecular flexibility index (Phi) is 9.11. The Morgan fingerprint density at radius 1 is 1.17 bits per heavy atom. The van der Waals surface area contributed by atoms with Crippen LogP contribution in [0, 0.1) is 3.57 Å². The maximum atomic E-state index is 13.1. The third-order valence-corrected chi connectivity index (χ3v) is 10.3. The van der Waals surface area contributed by atoms with Gasteiger partial charge in [-0.15, -0.1) is 0 Å². The molecule has 0 aliphatic carbocycles. The maximum Gasteiger partial charge on any atom is 0.358 e. The molecule has 1 amide bonds. The predicted octanol–water partition coefficient (Wildman–Crippen LogP) is 5.84. The molecule has 0 aliphatic heterocycles. The summed E-state index contributed by atoms with van der Waals surface area (Å²) in [6.45, 7) is 17.2. The Balaban J connectivity index is 3.64. The van der Waals surface area contributed by atoms with Crippen molar-refractivity contribution in [2.24, 2.45) is 5.10 Å². The highest BCUT2D eigenvalue weighted by molar-refractivity contribution is 14.1. The zero-order valence-electron chi connectivity index (χ0n) is 19.1. The number of benzene rings is 1. The number of ether oxygens (including phenoxy) is 1. The number of esters is 1. The van der Waals surface area contributed by atoms with Crippen LogP contribution in [0.15, 0.2) is 23.3 Å². The fraction of sp³-hybridized carbons (Fsp3) is 0.571. The Morgan fingerprint density at radius 2 is 1.73 bits per heavy atom. The summed E-state index contributed by atoms with van der Waals surface area (Å²) in [6, 6.07) is 5.35. The third kappa shape index (κ3) is 7.94. The standard InChI is InChI=1S/C21H32ClIN2O4Si/c1-13(26)24-25-17(19(27)28-20(2,3)4)18(29-30(8,9)21(5,6)7)15-11-10-14(22)12-16(15)23/h10-12,18H,1-9H3,(H,24,26)/b25-17+. The summed E-state index contributed by atoms with van der Waals surface area (Å²) in [6.07, 6.45) is -0.822. The highest BCUT2D eigenvalue weighted by Gasteiger charge is 2.43. The largest absolute Gasteiger partial charge is 0.455 e. The van der Waals surface area contributed by atoms with E-state index in [1.165, 1.54) is 6.92 Å². The van der Waals surface area contributed by atoms with Crippen LogP contribution in [0.4, 0.5) is 0 Å². The average Bonchev–Trinajstić information content (AvgIpc) is 2.50. The Bertz CT molecular complexity index is 829. The molecule has 0 saturated heterocycles. The zero-order chi connectivity index (χ0) is 23.5. The smallest absolute Gasteiger partial charge is 0.358 e. The van der Waals surface area contributed by atoms with Crippen molar-refractivity contribution < 1.29 is 18.8 Å². The molecular formula is C21H32ClIN2O4Si. The highest BCUT2D eigenvalue weighted by atomic mass is 127. The first kappa shape index (κ1) is 27.1. The second-order valence-electron chi connectivity index (χ2n) is 9.59. The first-order valence-corrected chi connectivity index (χ1v) is 14.0. The monoisotopic (exact) mass is 566 g/mol. The second-order valence-corrected chi connectivity index (χ2v) is 15.9. The van der Waals surface area contributed by atoms with Gasteiger partial charge in [0.05, 0.1) is 0 Å². The van der Waals surface area contributed by atoms with E-state index in [2.05, 4.69) is 67.0 Å². The van der Waals surface area contributed by atoms with Crippen LogP contribution in [0.2, 0.25) is 23.2 Å². The lowest BCUT2D eigenvalue weighted by molar-refractivity contribution is -0.146. The molecule has 30 heavy (non-hydrogen) atoms. The van der Waals surface area contributed by atoms with Gasteiger partial charge in [-0.25, -0.2) is 10.2 Å². The van der Waals surface area contributed by atoms with Crippen LogP contribution in [0.25, 0.3) is 0 Å². The molecule has 0 heterocycles. The zero-order valence-corrected chi connectivity index (χ0v) is 23.1. The molecule has 1 N–H and O–H groups in total. The average molecular weight is 567 g/mol. The molecule has 0 radical (unpaired) electrons. The van der Waals surface area contributed by atoms with Gasteiger partial charge in [-0.05, 0) is 79.2 Å². The summed E-state index contributed by atoms with van der Waals surface area (Å²) in [5.74, 6) is -1.04. The van der Waals surface area contributed by atoms with Crippen molar-refractivity contribution in [3.63, 3.8) is 0 Å². The molecule has 6 nitrogen and oxygen atoms in total. The number of hydrogen-bond donors (Lipinski definition) is 1. The molecule has 168 valence electrons. The topological polar surface area (TPSA) is 77.0 Å². The van der Waals surface area contributed by atoms with Gasteiger partial charge in [0, 0.05) is 15.5 Å². The van der Waals surface area contributed by atoms with Crippen molar-refractivity contribution in [2.75, 3.05) is 0 Å². The summed E-state index contributed by atoms with van der Waals surface area (Å²) in [5, 5.41) is 4.58. The van der Waals surface area contributed by atoms with E-state index < -0.39 is 31.9 Å². The minimum atomic E-state index is -2.35. The number of hydrogen-bond acceptors (Lipinski definition) is 5. The number of carbonyl (C=O) groups excluding carboxylic acids is 2. The predicted molar refractivity (Wildman–Crippen MR) is 132 cm³/mol. The van der Waals surface area contributed by atoms with Crippen molar-refractivity contribution in [1.29, 1.82) is 0 Å². The van der Waals surface area contributed by atoms with E-state index in [0.717, 1.165) is 9.13 Å². The summed E-state index contributed by atoms with van der Waals surface area (Å²) < 4.78 is 13.1. The maximum absolute atomic E-state index is 13.1. The fourth-order valence-corrected chi connectivity index (χ4v) is 4.47. The number of hydrazone groups is 1. The van der Waals surface area contributed by atoms with Gasteiger partial charge in [0.1, 0.15) is 11.7 Å². The van der Waals surface area contributed by atoms with Crippen molar-refractivity contribution in [1.82, 2.24) is 5.43 Å². The van der Waals surface area contributed by atoms with Gasteiger partial charge in [-0.1, -0.05) is 38.4 Å².